The van der Waals surface area contributed by atoms with Crippen molar-refractivity contribution < 1.29 is 14.3 Å². The number of carbonyl (C=O) groups is 2. The lowest BCUT2D eigenvalue weighted by molar-refractivity contribution is -0.121. The second kappa shape index (κ2) is 6.70. The first-order chi connectivity index (χ1) is 12.5. The Morgan fingerprint density at radius 3 is 2.56 bits per heavy atom. The SMILES string of the molecule is CC(C)C1(C)C(=O)Nc2ccc(C3=CCN(C(=O)OC(C)(C)C)CC3)cc21. The van der Waals surface area contributed by atoms with Crippen LogP contribution in [0.5, 0.6) is 0 Å². The molecular formula is C22H30N2O3. The fourth-order valence-corrected chi connectivity index (χ4v) is 3.65. The van der Waals surface area contributed by atoms with E-state index in [0.717, 1.165) is 23.2 Å². The molecule has 5 heteroatoms. The fraction of sp³-hybridized carbons (Fsp3) is 0.545. The van der Waals surface area contributed by atoms with E-state index in [1.54, 1.807) is 4.90 Å². The van der Waals surface area contributed by atoms with Gasteiger partial charge in [-0.15, -0.1) is 0 Å². The number of nitrogens with zero attached hydrogens (tertiary/aromatic N) is 1. The second-order valence-electron chi connectivity index (χ2n) is 8.98. The lowest BCUT2D eigenvalue weighted by Gasteiger charge is -2.30. The molecule has 0 fully saturated rings. The van der Waals surface area contributed by atoms with E-state index in [9.17, 15) is 9.59 Å². The number of hydrogen-bond acceptors (Lipinski definition) is 3. The van der Waals surface area contributed by atoms with Gasteiger partial charge in [-0.25, -0.2) is 4.79 Å². The van der Waals surface area contributed by atoms with Crippen molar-refractivity contribution in [2.75, 3.05) is 18.4 Å². The highest BCUT2D eigenvalue weighted by atomic mass is 16.6. The van der Waals surface area contributed by atoms with Crippen LogP contribution in [0.4, 0.5) is 10.5 Å². The van der Waals surface area contributed by atoms with Gasteiger partial charge in [0.05, 0.1) is 5.41 Å². The van der Waals surface area contributed by atoms with E-state index in [0.29, 0.717) is 13.1 Å². The lowest BCUT2D eigenvalue weighted by Crippen LogP contribution is -2.39. The molecular weight excluding hydrogens is 340 g/mol. The van der Waals surface area contributed by atoms with Gasteiger partial charge in [0.1, 0.15) is 5.60 Å². The van der Waals surface area contributed by atoms with Gasteiger partial charge in [0, 0.05) is 18.8 Å². The molecule has 3 rings (SSSR count). The highest BCUT2D eigenvalue weighted by Gasteiger charge is 2.45. The number of carbonyl (C=O) groups excluding carboxylic acids is 2. The first-order valence-corrected chi connectivity index (χ1v) is 9.65. The van der Waals surface area contributed by atoms with Crippen LogP contribution in [0.2, 0.25) is 0 Å². The van der Waals surface area contributed by atoms with E-state index < -0.39 is 11.0 Å². The lowest BCUT2D eigenvalue weighted by atomic mass is 9.73. The zero-order valence-electron chi connectivity index (χ0n) is 17.2. The summed E-state index contributed by atoms with van der Waals surface area (Å²) in [5.74, 6) is 0.273. The molecule has 0 bridgehead atoms. The normalized spacial score (nSPS) is 22.4. The molecule has 2 aliphatic rings. The zero-order valence-corrected chi connectivity index (χ0v) is 17.2. The number of amides is 2. The third-order valence-corrected chi connectivity index (χ3v) is 5.69. The van der Waals surface area contributed by atoms with Gasteiger partial charge in [0.25, 0.3) is 0 Å². The van der Waals surface area contributed by atoms with Crippen molar-refractivity contribution in [3.05, 3.63) is 35.4 Å². The summed E-state index contributed by atoms with van der Waals surface area (Å²) >= 11 is 0. The van der Waals surface area contributed by atoms with E-state index in [1.807, 2.05) is 33.8 Å². The van der Waals surface area contributed by atoms with Crippen molar-refractivity contribution >= 4 is 23.3 Å². The summed E-state index contributed by atoms with van der Waals surface area (Å²) in [6, 6.07) is 6.19. The van der Waals surface area contributed by atoms with Gasteiger partial charge in [-0.1, -0.05) is 26.0 Å². The van der Waals surface area contributed by atoms with Gasteiger partial charge >= 0.3 is 6.09 Å². The van der Waals surface area contributed by atoms with Crippen molar-refractivity contribution in [1.82, 2.24) is 4.90 Å². The van der Waals surface area contributed by atoms with E-state index in [1.165, 1.54) is 5.57 Å². The van der Waals surface area contributed by atoms with Gasteiger partial charge in [0.2, 0.25) is 5.91 Å². The molecule has 1 N–H and O–H groups in total. The number of hydrogen-bond donors (Lipinski definition) is 1. The highest BCUT2D eigenvalue weighted by molar-refractivity contribution is 6.06. The van der Waals surface area contributed by atoms with Crippen LogP contribution in [0.15, 0.2) is 24.3 Å². The van der Waals surface area contributed by atoms with Crippen LogP contribution < -0.4 is 5.32 Å². The Morgan fingerprint density at radius 2 is 2.00 bits per heavy atom. The van der Waals surface area contributed by atoms with Crippen molar-refractivity contribution in [3.63, 3.8) is 0 Å². The van der Waals surface area contributed by atoms with Crippen LogP contribution >= 0.6 is 0 Å². The Balaban J connectivity index is 1.81. The molecule has 2 heterocycles. The number of anilines is 1. The predicted molar refractivity (Wildman–Crippen MR) is 108 cm³/mol. The molecule has 146 valence electrons. The summed E-state index contributed by atoms with van der Waals surface area (Å²) in [4.78, 5) is 26.5. The minimum absolute atomic E-state index is 0.0679. The molecule has 1 aromatic rings. The average Bonchev–Trinajstić information content (AvgIpc) is 2.85. The van der Waals surface area contributed by atoms with Gasteiger partial charge in [-0.3, -0.25) is 4.79 Å². The number of ether oxygens (including phenoxy) is 1. The molecule has 0 saturated carbocycles. The molecule has 0 radical (unpaired) electrons. The minimum Gasteiger partial charge on any atom is -0.444 e. The minimum atomic E-state index is -0.511. The maximum atomic E-state index is 12.5. The monoisotopic (exact) mass is 370 g/mol. The Kier molecular flexibility index (Phi) is 4.83. The molecule has 1 aromatic carbocycles. The number of fused-ring (bicyclic) bond motifs is 1. The molecule has 0 aromatic heterocycles. The number of benzene rings is 1. The summed E-state index contributed by atoms with van der Waals surface area (Å²) in [5, 5.41) is 3.02. The molecule has 27 heavy (non-hydrogen) atoms. The Hall–Kier alpha value is -2.30. The molecule has 1 atom stereocenters. The van der Waals surface area contributed by atoms with Gasteiger partial charge in [-0.05, 0) is 68.9 Å². The first-order valence-electron chi connectivity index (χ1n) is 9.65. The maximum Gasteiger partial charge on any atom is 0.410 e. The molecule has 2 aliphatic heterocycles. The Bertz CT molecular complexity index is 804. The number of rotatable bonds is 2. The molecule has 2 amide bonds. The quantitative estimate of drug-likeness (QED) is 0.829. The van der Waals surface area contributed by atoms with E-state index >= 15 is 0 Å². The van der Waals surface area contributed by atoms with Gasteiger partial charge < -0.3 is 15.0 Å². The first kappa shape index (κ1) is 19.5. The van der Waals surface area contributed by atoms with Crippen molar-refractivity contribution in [2.45, 2.75) is 59.0 Å². The summed E-state index contributed by atoms with van der Waals surface area (Å²) in [5.41, 5.74) is 3.32. The van der Waals surface area contributed by atoms with Crippen LogP contribution in [0.3, 0.4) is 0 Å². The molecule has 5 nitrogen and oxygen atoms in total. The largest absolute Gasteiger partial charge is 0.444 e. The van der Waals surface area contributed by atoms with Crippen molar-refractivity contribution in [2.24, 2.45) is 5.92 Å². The number of nitrogens with one attached hydrogen (secondary N) is 1. The Labute approximate surface area is 161 Å². The molecule has 0 saturated heterocycles. The maximum absolute atomic E-state index is 12.5. The van der Waals surface area contributed by atoms with E-state index in [2.05, 4.69) is 37.4 Å². The highest BCUT2D eigenvalue weighted by Crippen LogP contribution is 2.44. The summed E-state index contributed by atoms with van der Waals surface area (Å²) < 4.78 is 5.46. The second-order valence-corrected chi connectivity index (χ2v) is 8.98. The van der Waals surface area contributed by atoms with Crippen LogP contribution in [0.1, 0.15) is 59.1 Å². The smallest absolute Gasteiger partial charge is 0.410 e. The van der Waals surface area contributed by atoms with Crippen LogP contribution in [0, 0.1) is 5.92 Å². The van der Waals surface area contributed by atoms with Crippen LogP contribution in [-0.4, -0.2) is 35.6 Å². The molecule has 0 aliphatic carbocycles. The summed E-state index contributed by atoms with van der Waals surface area (Å²) in [6.07, 6.45) is 2.60. The Morgan fingerprint density at radius 1 is 1.30 bits per heavy atom. The topological polar surface area (TPSA) is 58.6 Å². The fourth-order valence-electron chi connectivity index (χ4n) is 3.65. The predicted octanol–water partition coefficient (Wildman–Crippen LogP) is 4.58. The standard InChI is InChI=1S/C22H30N2O3/c1-14(2)22(6)17-13-16(7-8-18(17)23-19(22)25)15-9-11-24(12-10-15)20(26)27-21(3,4)5/h7-9,13-14H,10-12H2,1-6H3,(H,23,25). The van der Waals surface area contributed by atoms with Crippen LogP contribution in [-0.2, 0) is 14.9 Å². The van der Waals surface area contributed by atoms with Crippen LogP contribution in [0.25, 0.3) is 5.57 Å². The molecule has 0 spiro atoms. The van der Waals surface area contributed by atoms with Gasteiger partial charge in [-0.2, -0.15) is 0 Å². The average molecular weight is 370 g/mol. The zero-order chi connectivity index (χ0) is 20.0. The van der Waals surface area contributed by atoms with E-state index in [-0.39, 0.29) is 17.9 Å². The summed E-state index contributed by atoms with van der Waals surface area (Å²) in [6.45, 7) is 13.0. The van der Waals surface area contributed by atoms with Crippen molar-refractivity contribution in [3.8, 4) is 0 Å². The van der Waals surface area contributed by atoms with Crippen molar-refractivity contribution in [1.29, 1.82) is 0 Å². The van der Waals surface area contributed by atoms with E-state index in [4.69, 9.17) is 4.74 Å². The van der Waals surface area contributed by atoms with Gasteiger partial charge in [0.15, 0.2) is 0 Å². The third kappa shape index (κ3) is 3.60. The third-order valence-electron chi connectivity index (χ3n) is 5.69. The summed E-state index contributed by atoms with van der Waals surface area (Å²) in [7, 11) is 0. The molecule has 1 unspecified atom stereocenters.